The van der Waals surface area contributed by atoms with Gasteiger partial charge < -0.3 is 15.3 Å². The Hall–Kier alpha value is -2.68. The molecule has 3 N–H and O–H groups in total. The smallest absolute Gasteiger partial charge is 0.115 e. The second-order valence-corrected chi connectivity index (χ2v) is 5.26. The second kappa shape index (κ2) is 5.02. The van der Waals surface area contributed by atoms with E-state index in [9.17, 15) is 15.3 Å². The highest BCUT2D eigenvalue weighted by atomic mass is 16.3. The van der Waals surface area contributed by atoms with Crippen LogP contribution in [0, 0.1) is 0 Å². The first-order valence-corrected chi connectivity index (χ1v) is 6.76. The van der Waals surface area contributed by atoms with E-state index in [1.807, 2.05) is 36.4 Å². The molecule has 0 unspecified atom stereocenters. The molecule has 3 heteroatoms. The highest BCUT2D eigenvalue weighted by Crippen LogP contribution is 2.41. The molecule has 2 aromatic carbocycles. The maximum Gasteiger partial charge on any atom is 0.115 e. The molecule has 106 valence electrons. The molecule has 0 spiro atoms. The van der Waals surface area contributed by atoms with Gasteiger partial charge >= 0.3 is 0 Å². The lowest BCUT2D eigenvalue weighted by atomic mass is 9.70. The molecule has 0 fully saturated rings. The third-order valence-corrected chi connectivity index (χ3v) is 3.89. The van der Waals surface area contributed by atoms with Crippen molar-refractivity contribution < 1.29 is 15.3 Å². The van der Waals surface area contributed by atoms with Gasteiger partial charge in [-0.25, -0.2) is 0 Å². The van der Waals surface area contributed by atoms with Gasteiger partial charge in [0.1, 0.15) is 11.5 Å². The van der Waals surface area contributed by atoms with Crippen LogP contribution in [0.25, 0.3) is 0 Å². The van der Waals surface area contributed by atoms with Crippen LogP contribution in [-0.4, -0.2) is 15.3 Å². The number of hydrogen-bond acceptors (Lipinski definition) is 3. The lowest BCUT2D eigenvalue weighted by Gasteiger charge is -2.33. The summed E-state index contributed by atoms with van der Waals surface area (Å²) >= 11 is 0. The van der Waals surface area contributed by atoms with Crippen LogP contribution in [0.4, 0.5) is 0 Å². The molecule has 0 bridgehead atoms. The number of rotatable bonds is 2. The Morgan fingerprint density at radius 3 is 1.62 bits per heavy atom. The molecule has 0 saturated heterocycles. The van der Waals surface area contributed by atoms with Crippen LogP contribution in [0.1, 0.15) is 17.5 Å². The van der Waals surface area contributed by atoms with E-state index in [1.54, 1.807) is 30.3 Å². The fourth-order valence-corrected chi connectivity index (χ4v) is 2.81. The van der Waals surface area contributed by atoms with Gasteiger partial charge in [-0.3, -0.25) is 0 Å². The van der Waals surface area contributed by atoms with Crippen LogP contribution >= 0.6 is 0 Å². The lowest BCUT2D eigenvalue weighted by Crippen LogP contribution is -2.27. The molecule has 0 heterocycles. The van der Waals surface area contributed by atoms with Crippen molar-refractivity contribution in [3.63, 3.8) is 0 Å². The number of aromatic hydroxyl groups is 2. The van der Waals surface area contributed by atoms with Crippen molar-refractivity contribution in [1.82, 2.24) is 0 Å². The Labute approximate surface area is 123 Å². The molecule has 1 aliphatic rings. The zero-order valence-corrected chi connectivity index (χ0v) is 11.4. The lowest BCUT2D eigenvalue weighted by molar-refractivity contribution is 0.360. The van der Waals surface area contributed by atoms with Crippen molar-refractivity contribution >= 4 is 0 Å². The summed E-state index contributed by atoms with van der Waals surface area (Å²) in [4.78, 5) is 0. The number of aliphatic hydroxyl groups excluding tert-OH is 1. The van der Waals surface area contributed by atoms with Crippen LogP contribution in [0.5, 0.6) is 11.5 Å². The van der Waals surface area contributed by atoms with Gasteiger partial charge in [0.2, 0.25) is 0 Å². The molecular formula is C18H16O3. The van der Waals surface area contributed by atoms with E-state index >= 15 is 0 Å². The predicted octanol–water partition coefficient (Wildman–Crippen LogP) is 3.79. The normalized spacial score (nSPS) is 16.5. The van der Waals surface area contributed by atoms with Crippen molar-refractivity contribution in [1.29, 1.82) is 0 Å². The molecule has 0 radical (unpaired) electrons. The predicted molar refractivity (Wildman–Crippen MR) is 81.5 cm³/mol. The van der Waals surface area contributed by atoms with Crippen molar-refractivity contribution in [3.05, 3.63) is 83.6 Å². The van der Waals surface area contributed by atoms with E-state index in [0.717, 1.165) is 11.1 Å². The van der Waals surface area contributed by atoms with Crippen molar-refractivity contribution in [2.24, 2.45) is 0 Å². The van der Waals surface area contributed by atoms with Gasteiger partial charge in [-0.15, -0.1) is 0 Å². The second-order valence-electron chi connectivity index (χ2n) is 5.26. The van der Waals surface area contributed by atoms with E-state index in [0.29, 0.717) is 12.2 Å². The van der Waals surface area contributed by atoms with E-state index in [1.165, 1.54) is 0 Å². The molecule has 2 aromatic rings. The summed E-state index contributed by atoms with van der Waals surface area (Å²) in [6, 6.07) is 14.0. The summed E-state index contributed by atoms with van der Waals surface area (Å²) in [7, 11) is 0. The van der Waals surface area contributed by atoms with Gasteiger partial charge in [-0.2, -0.15) is 0 Å². The fourth-order valence-electron chi connectivity index (χ4n) is 2.81. The summed E-state index contributed by atoms with van der Waals surface area (Å²) in [5, 5.41) is 29.0. The molecule has 0 atom stereocenters. The van der Waals surface area contributed by atoms with E-state index < -0.39 is 5.41 Å². The monoisotopic (exact) mass is 280 g/mol. The summed E-state index contributed by atoms with van der Waals surface area (Å²) < 4.78 is 0. The minimum absolute atomic E-state index is 0.208. The van der Waals surface area contributed by atoms with Crippen LogP contribution in [-0.2, 0) is 5.41 Å². The van der Waals surface area contributed by atoms with E-state index in [-0.39, 0.29) is 11.5 Å². The topological polar surface area (TPSA) is 60.7 Å². The van der Waals surface area contributed by atoms with E-state index in [4.69, 9.17) is 0 Å². The van der Waals surface area contributed by atoms with Gasteiger partial charge in [0.25, 0.3) is 0 Å². The summed E-state index contributed by atoms with van der Waals surface area (Å²) in [6.45, 7) is 0. The molecule has 3 rings (SSSR count). The first-order valence-electron chi connectivity index (χ1n) is 6.76. The number of phenols is 2. The Balaban J connectivity index is 2.16. The third-order valence-electron chi connectivity index (χ3n) is 3.89. The van der Waals surface area contributed by atoms with Gasteiger partial charge in [0.05, 0.1) is 5.76 Å². The Bertz CT molecular complexity index is 649. The van der Waals surface area contributed by atoms with Crippen molar-refractivity contribution in [3.8, 4) is 11.5 Å². The highest BCUT2D eigenvalue weighted by Gasteiger charge is 2.34. The number of aliphatic hydroxyl groups is 1. The number of benzene rings is 2. The summed E-state index contributed by atoms with van der Waals surface area (Å²) in [5.74, 6) is 0.719. The zero-order chi connectivity index (χ0) is 14.9. The summed E-state index contributed by atoms with van der Waals surface area (Å²) in [6.07, 6.45) is 5.99. The molecule has 0 aromatic heterocycles. The third kappa shape index (κ3) is 2.38. The quantitative estimate of drug-likeness (QED) is 0.784. The number of hydrogen-bond donors (Lipinski definition) is 3. The largest absolute Gasteiger partial charge is 0.512 e. The first-order chi connectivity index (χ1) is 10.1. The zero-order valence-electron chi connectivity index (χ0n) is 11.4. The molecule has 0 amide bonds. The van der Waals surface area contributed by atoms with Crippen LogP contribution in [0.2, 0.25) is 0 Å². The molecular weight excluding hydrogens is 264 g/mol. The Morgan fingerprint density at radius 2 is 1.19 bits per heavy atom. The molecule has 0 saturated carbocycles. The average Bonchev–Trinajstić information content (AvgIpc) is 2.48. The van der Waals surface area contributed by atoms with Gasteiger partial charge in [-0.1, -0.05) is 36.4 Å². The van der Waals surface area contributed by atoms with Crippen LogP contribution in [0.3, 0.4) is 0 Å². The first kappa shape index (κ1) is 13.3. The summed E-state index contributed by atoms with van der Waals surface area (Å²) in [5.41, 5.74) is 1.45. The maximum atomic E-state index is 9.99. The molecule has 3 nitrogen and oxygen atoms in total. The number of phenolic OH excluding ortho intramolecular Hbond substituents is 2. The fraction of sp³-hybridized carbons (Fsp3) is 0.111. The maximum absolute atomic E-state index is 9.99. The number of allylic oxidation sites excluding steroid dienone is 4. The van der Waals surface area contributed by atoms with Crippen molar-refractivity contribution in [2.45, 2.75) is 11.8 Å². The van der Waals surface area contributed by atoms with Crippen molar-refractivity contribution in [2.75, 3.05) is 0 Å². The van der Waals surface area contributed by atoms with Crippen LogP contribution in [0.15, 0.2) is 72.5 Å². The Morgan fingerprint density at radius 1 is 0.714 bits per heavy atom. The molecule has 0 aliphatic heterocycles. The highest BCUT2D eigenvalue weighted by molar-refractivity contribution is 5.50. The van der Waals surface area contributed by atoms with Gasteiger partial charge in [0.15, 0.2) is 0 Å². The average molecular weight is 280 g/mol. The molecule has 1 aliphatic carbocycles. The van der Waals surface area contributed by atoms with Crippen LogP contribution < -0.4 is 0 Å². The minimum atomic E-state index is -0.500. The molecule has 21 heavy (non-hydrogen) atoms. The van der Waals surface area contributed by atoms with Gasteiger partial charge in [-0.05, 0) is 41.5 Å². The SMILES string of the molecule is OC1=CC=CC(c2ccc(O)cc2)(c2ccc(O)cc2)C1. The Kier molecular flexibility index (Phi) is 3.18. The minimum Gasteiger partial charge on any atom is -0.512 e. The van der Waals surface area contributed by atoms with E-state index in [2.05, 4.69) is 0 Å². The van der Waals surface area contributed by atoms with Gasteiger partial charge in [0, 0.05) is 11.8 Å². The standard InChI is InChI=1S/C18H16O3/c19-15-7-3-13(4-8-15)18(11-1-2-17(21)12-18)14-5-9-16(20)10-6-14/h1-11,19-21H,12H2.